The maximum atomic E-state index is 13.4. The van der Waals surface area contributed by atoms with E-state index in [2.05, 4.69) is 10.00 Å². The van der Waals surface area contributed by atoms with Crippen LogP contribution in [0.25, 0.3) is 10.2 Å². The molecule has 1 aliphatic rings. The number of halogens is 1. The molecule has 0 spiro atoms. The van der Waals surface area contributed by atoms with Crippen molar-refractivity contribution < 1.29 is 14.3 Å². The quantitative estimate of drug-likeness (QED) is 0.552. The highest BCUT2D eigenvalue weighted by atomic mass is 35.5. The summed E-state index contributed by atoms with van der Waals surface area (Å²) in [6.07, 6.45) is 2.45. The van der Waals surface area contributed by atoms with E-state index in [1.807, 2.05) is 0 Å². The number of aryl methyl sites for hydroxylation is 1. The van der Waals surface area contributed by atoms with Gasteiger partial charge in [0.2, 0.25) is 0 Å². The van der Waals surface area contributed by atoms with Gasteiger partial charge in [-0.3, -0.25) is 19.3 Å². The number of anilines is 1. The second kappa shape index (κ2) is 9.30. The number of thiazole rings is 1. The van der Waals surface area contributed by atoms with Crippen molar-refractivity contribution in [1.82, 2.24) is 19.7 Å². The number of carbonyl (C=O) groups is 1. The molecule has 10 heteroatoms. The van der Waals surface area contributed by atoms with Crippen molar-refractivity contribution >= 4 is 44.2 Å². The molecule has 1 aliphatic heterocycles. The number of morpholine rings is 1. The third kappa shape index (κ3) is 4.29. The Balaban J connectivity index is 1.62. The van der Waals surface area contributed by atoms with Crippen LogP contribution in [0.3, 0.4) is 0 Å². The minimum Gasteiger partial charge on any atom is -0.494 e. The Hall–Kier alpha value is -2.20. The predicted octanol–water partition coefficient (Wildman–Crippen LogP) is 3.06. The van der Waals surface area contributed by atoms with Crippen LogP contribution in [0.15, 0.2) is 24.4 Å². The molecule has 2 aromatic heterocycles. The molecule has 0 radical (unpaired) electrons. The number of methoxy groups -OCH3 is 1. The summed E-state index contributed by atoms with van der Waals surface area (Å²) in [4.78, 5) is 22.2. The standard InChI is InChI=1S/C20H24ClN5O3S/c1-24-15(6-7-22-24)19(27)26(9-3-8-25-10-12-29-13-11-25)20-23-17-16(28-2)5-4-14(21)18(17)30-20/h4-7H,3,8-13H2,1-2H3. The van der Waals surface area contributed by atoms with E-state index in [1.54, 1.807) is 48.1 Å². The van der Waals surface area contributed by atoms with Gasteiger partial charge in [-0.2, -0.15) is 5.10 Å². The van der Waals surface area contributed by atoms with Crippen LogP contribution >= 0.6 is 22.9 Å². The molecule has 1 saturated heterocycles. The molecule has 0 saturated carbocycles. The van der Waals surface area contributed by atoms with Gasteiger partial charge in [0.05, 0.1) is 30.0 Å². The predicted molar refractivity (Wildman–Crippen MR) is 118 cm³/mol. The summed E-state index contributed by atoms with van der Waals surface area (Å²) >= 11 is 7.79. The Labute approximate surface area is 183 Å². The number of ether oxygens (including phenoxy) is 2. The van der Waals surface area contributed by atoms with E-state index in [-0.39, 0.29) is 5.91 Å². The molecule has 1 amide bonds. The number of nitrogens with zero attached hydrogens (tertiary/aromatic N) is 5. The lowest BCUT2D eigenvalue weighted by Crippen LogP contribution is -2.39. The highest BCUT2D eigenvalue weighted by Gasteiger charge is 2.25. The van der Waals surface area contributed by atoms with Gasteiger partial charge >= 0.3 is 0 Å². The smallest absolute Gasteiger partial charge is 0.278 e. The molecule has 30 heavy (non-hydrogen) atoms. The zero-order chi connectivity index (χ0) is 21.1. The Morgan fingerprint density at radius 3 is 2.83 bits per heavy atom. The second-order valence-corrected chi connectivity index (χ2v) is 8.41. The van der Waals surface area contributed by atoms with Gasteiger partial charge in [-0.25, -0.2) is 4.98 Å². The van der Waals surface area contributed by atoms with Crippen LogP contribution in [0.2, 0.25) is 5.02 Å². The maximum Gasteiger partial charge on any atom is 0.278 e. The summed E-state index contributed by atoms with van der Waals surface area (Å²) in [6.45, 7) is 4.80. The molecule has 1 aromatic carbocycles. The third-order valence-corrected chi connectivity index (χ3v) is 6.68. The summed E-state index contributed by atoms with van der Waals surface area (Å²) < 4.78 is 13.2. The van der Waals surface area contributed by atoms with Crippen LogP contribution in [0.5, 0.6) is 5.75 Å². The van der Waals surface area contributed by atoms with E-state index in [0.717, 1.165) is 44.0 Å². The van der Waals surface area contributed by atoms with E-state index in [9.17, 15) is 4.79 Å². The van der Waals surface area contributed by atoms with E-state index in [1.165, 1.54) is 11.3 Å². The van der Waals surface area contributed by atoms with Gasteiger partial charge in [-0.15, -0.1) is 0 Å². The zero-order valence-electron chi connectivity index (χ0n) is 17.0. The summed E-state index contributed by atoms with van der Waals surface area (Å²) in [7, 11) is 3.36. The maximum absolute atomic E-state index is 13.4. The summed E-state index contributed by atoms with van der Waals surface area (Å²) in [5.74, 6) is 0.504. The van der Waals surface area contributed by atoms with Gasteiger partial charge in [0.15, 0.2) is 5.13 Å². The Bertz CT molecular complexity index is 1030. The van der Waals surface area contributed by atoms with Gasteiger partial charge in [0.1, 0.15) is 17.0 Å². The van der Waals surface area contributed by atoms with Crippen molar-refractivity contribution in [2.24, 2.45) is 7.05 Å². The van der Waals surface area contributed by atoms with Crippen molar-refractivity contribution in [2.45, 2.75) is 6.42 Å². The van der Waals surface area contributed by atoms with Crippen LogP contribution in [-0.2, 0) is 11.8 Å². The molecule has 1 fully saturated rings. The molecule has 0 atom stereocenters. The van der Waals surface area contributed by atoms with Crippen molar-refractivity contribution in [2.75, 3.05) is 51.4 Å². The van der Waals surface area contributed by atoms with Crippen LogP contribution in [0, 0.1) is 0 Å². The first-order valence-electron chi connectivity index (χ1n) is 9.81. The molecule has 8 nitrogen and oxygen atoms in total. The lowest BCUT2D eigenvalue weighted by atomic mass is 10.3. The van der Waals surface area contributed by atoms with E-state index >= 15 is 0 Å². The van der Waals surface area contributed by atoms with E-state index < -0.39 is 0 Å². The van der Waals surface area contributed by atoms with Gasteiger partial charge in [0.25, 0.3) is 5.91 Å². The van der Waals surface area contributed by atoms with Crippen molar-refractivity contribution in [1.29, 1.82) is 0 Å². The number of hydrogen-bond donors (Lipinski definition) is 0. The van der Waals surface area contributed by atoms with Crippen LogP contribution in [-0.4, -0.2) is 72.1 Å². The first kappa shape index (κ1) is 21.0. The molecule has 0 N–H and O–H groups in total. The molecule has 0 unspecified atom stereocenters. The first-order chi connectivity index (χ1) is 14.6. The molecular weight excluding hydrogens is 426 g/mol. The number of benzene rings is 1. The summed E-state index contributed by atoms with van der Waals surface area (Å²) in [6, 6.07) is 5.30. The normalized spacial score (nSPS) is 14.9. The molecule has 3 aromatic rings. The number of aromatic nitrogens is 3. The monoisotopic (exact) mass is 449 g/mol. The van der Waals surface area contributed by atoms with Crippen LogP contribution in [0.4, 0.5) is 5.13 Å². The largest absolute Gasteiger partial charge is 0.494 e. The van der Waals surface area contributed by atoms with Crippen LogP contribution in [0.1, 0.15) is 16.9 Å². The summed E-state index contributed by atoms with van der Waals surface area (Å²) in [5, 5.41) is 5.34. The Kier molecular flexibility index (Phi) is 6.52. The minimum atomic E-state index is -0.133. The van der Waals surface area contributed by atoms with Crippen molar-refractivity contribution in [3.63, 3.8) is 0 Å². The third-order valence-electron chi connectivity index (χ3n) is 5.14. The fourth-order valence-corrected chi connectivity index (χ4v) is 4.79. The lowest BCUT2D eigenvalue weighted by molar-refractivity contribution is 0.0376. The fourth-order valence-electron chi connectivity index (χ4n) is 3.50. The Morgan fingerprint density at radius 1 is 1.33 bits per heavy atom. The molecule has 3 heterocycles. The van der Waals surface area contributed by atoms with Crippen LogP contribution < -0.4 is 9.64 Å². The first-order valence-corrected chi connectivity index (χ1v) is 11.0. The Morgan fingerprint density at radius 2 is 2.13 bits per heavy atom. The lowest BCUT2D eigenvalue weighted by Gasteiger charge is -2.27. The van der Waals surface area contributed by atoms with E-state index in [4.69, 9.17) is 26.1 Å². The number of fused-ring (bicyclic) bond motifs is 1. The average Bonchev–Trinajstić information content (AvgIpc) is 3.39. The molecule has 160 valence electrons. The highest BCUT2D eigenvalue weighted by Crippen LogP contribution is 2.39. The van der Waals surface area contributed by atoms with Gasteiger partial charge in [0, 0.05) is 39.4 Å². The fraction of sp³-hybridized carbons (Fsp3) is 0.450. The molecule has 4 rings (SSSR count). The van der Waals surface area contributed by atoms with E-state index in [0.29, 0.717) is 33.7 Å². The highest BCUT2D eigenvalue weighted by molar-refractivity contribution is 7.23. The zero-order valence-corrected chi connectivity index (χ0v) is 18.6. The topological polar surface area (TPSA) is 72.7 Å². The SMILES string of the molecule is COc1ccc(Cl)c2sc(N(CCCN3CCOCC3)C(=O)c3ccnn3C)nc12. The number of carbonyl (C=O) groups excluding carboxylic acids is 1. The second-order valence-electron chi connectivity index (χ2n) is 7.03. The summed E-state index contributed by atoms with van der Waals surface area (Å²) in [5.41, 5.74) is 1.18. The molecular formula is C20H24ClN5O3S. The molecule has 0 bridgehead atoms. The van der Waals surface area contributed by atoms with Crippen molar-refractivity contribution in [3.8, 4) is 5.75 Å². The van der Waals surface area contributed by atoms with Crippen molar-refractivity contribution in [3.05, 3.63) is 35.1 Å². The number of hydrogen-bond acceptors (Lipinski definition) is 7. The van der Waals surface area contributed by atoms with Gasteiger partial charge in [-0.1, -0.05) is 22.9 Å². The number of rotatable bonds is 7. The number of amides is 1. The average molecular weight is 450 g/mol. The molecule has 0 aliphatic carbocycles. The van der Waals surface area contributed by atoms with Gasteiger partial charge in [-0.05, 0) is 24.6 Å². The van der Waals surface area contributed by atoms with Gasteiger partial charge < -0.3 is 9.47 Å². The minimum absolute atomic E-state index is 0.133.